The molecule has 0 radical (unpaired) electrons. The van der Waals surface area contributed by atoms with Crippen LogP contribution in [0.15, 0.2) is 30.3 Å². The highest BCUT2D eigenvalue weighted by Crippen LogP contribution is 2.26. The van der Waals surface area contributed by atoms with Crippen molar-refractivity contribution >= 4 is 11.8 Å². The molecule has 1 rings (SSSR count). The molecular weight excluding hydrogens is 168 g/mol. The summed E-state index contributed by atoms with van der Waals surface area (Å²) in [6.07, 6.45) is 0. The molecule has 1 aromatic rings. The van der Waals surface area contributed by atoms with Gasteiger partial charge in [-0.3, -0.25) is 0 Å². The highest BCUT2D eigenvalue weighted by molar-refractivity contribution is 7.99. The lowest BCUT2D eigenvalue weighted by molar-refractivity contribution is 0.322. The van der Waals surface area contributed by atoms with Gasteiger partial charge in [0.15, 0.2) is 0 Å². The van der Waals surface area contributed by atoms with Crippen LogP contribution < -0.4 is 0 Å². The standard InChI is InChI=1S/C10H14OS/c1-9(12-8-7-11)10-5-3-2-4-6-10/h2-6,9,11H,7-8H2,1H3/t9-/m0/s1. The van der Waals surface area contributed by atoms with Crippen LogP contribution in [-0.2, 0) is 0 Å². The summed E-state index contributed by atoms with van der Waals surface area (Å²) in [5.74, 6) is 0.816. The first-order valence-electron chi connectivity index (χ1n) is 4.12. The zero-order chi connectivity index (χ0) is 8.81. The molecule has 0 unspecified atom stereocenters. The zero-order valence-corrected chi connectivity index (χ0v) is 8.05. The second-order valence-corrected chi connectivity index (χ2v) is 4.10. The molecule has 0 saturated heterocycles. The van der Waals surface area contributed by atoms with E-state index in [2.05, 4.69) is 19.1 Å². The lowest BCUT2D eigenvalue weighted by Gasteiger charge is -2.09. The summed E-state index contributed by atoms with van der Waals surface area (Å²) in [4.78, 5) is 0. The molecule has 1 atom stereocenters. The van der Waals surface area contributed by atoms with Crippen LogP contribution in [-0.4, -0.2) is 17.5 Å². The van der Waals surface area contributed by atoms with Crippen LogP contribution in [0.1, 0.15) is 17.7 Å². The fourth-order valence-electron chi connectivity index (χ4n) is 1.05. The summed E-state index contributed by atoms with van der Waals surface area (Å²) in [6.45, 7) is 2.43. The summed E-state index contributed by atoms with van der Waals surface area (Å²) in [5.41, 5.74) is 1.33. The van der Waals surface area contributed by atoms with Gasteiger partial charge in [0, 0.05) is 11.0 Å². The van der Waals surface area contributed by atoms with Crippen LogP contribution >= 0.6 is 11.8 Å². The fourth-order valence-corrected chi connectivity index (χ4v) is 1.86. The van der Waals surface area contributed by atoms with Crippen molar-refractivity contribution < 1.29 is 5.11 Å². The van der Waals surface area contributed by atoms with Crippen LogP contribution in [0.4, 0.5) is 0 Å². The summed E-state index contributed by atoms with van der Waals surface area (Å²) in [6, 6.07) is 10.4. The molecule has 0 spiro atoms. The highest BCUT2D eigenvalue weighted by atomic mass is 32.2. The van der Waals surface area contributed by atoms with E-state index in [0.29, 0.717) is 5.25 Å². The van der Waals surface area contributed by atoms with Crippen LogP contribution in [0.25, 0.3) is 0 Å². The Labute approximate surface area is 77.8 Å². The molecule has 0 aliphatic heterocycles. The first kappa shape index (κ1) is 9.62. The summed E-state index contributed by atoms with van der Waals surface area (Å²) in [5, 5.41) is 9.13. The Kier molecular flexibility index (Phi) is 4.19. The monoisotopic (exact) mass is 182 g/mol. The molecule has 1 aromatic carbocycles. The van der Waals surface area contributed by atoms with Gasteiger partial charge in [-0.2, -0.15) is 11.8 Å². The molecule has 0 heterocycles. The predicted octanol–water partition coefficient (Wildman–Crippen LogP) is 2.47. The van der Waals surface area contributed by atoms with Crippen molar-refractivity contribution in [1.82, 2.24) is 0 Å². The number of aliphatic hydroxyl groups is 1. The molecule has 0 aliphatic carbocycles. The van der Waals surface area contributed by atoms with Gasteiger partial charge in [-0.05, 0) is 12.5 Å². The highest BCUT2D eigenvalue weighted by Gasteiger charge is 2.03. The molecule has 0 amide bonds. The van der Waals surface area contributed by atoms with Crippen molar-refractivity contribution in [3.05, 3.63) is 35.9 Å². The third-order valence-corrected chi connectivity index (χ3v) is 2.92. The summed E-state index contributed by atoms with van der Waals surface area (Å²) < 4.78 is 0. The van der Waals surface area contributed by atoms with E-state index in [9.17, 15) is 0 Å². The lowest BCUT2D eigenvalue weighted by Crippen LogP contribution is -1.92. The third-order valence-electron chi connectivity index (χ3n) is 1.73. The van der Waals surface area contributed by atoms with Gasteiger partial charge in [-0.25, -0.2) is 0 Å². The van der Waals surface area contributed by atoms with Gasteiger partial charge in [0.05, 0.1) is 6.61 Å². The number of benzene rings is 1. The van der Waals surface area contributed by atoms with Gasteiger partial charge in [0.2, 0.25) is 0 Å². The Morgan fingerprint density at radius 2 is 2.00 bits per heavy atom. The molecule has 2 heteroatoms. The van der Waals surface area contributed by atoms with E-state index in [1.165, 1.54) is 5.56 Å². The smallest absolute Gasteiger partial charge is 0.0521 e. The Morgan fingerprint density at radius 3 is 2.58 bits per heavy atom. The maximum absolute atomic E-state index is 8.64. The average molecular weight is 182 g/mol. The second-order valence-electron chi connectivity index (χ2n) is 2.65. The van der Waals surface area contributed by atoms with E-state index in [1.807, 2.05) is 18.2 Å². The first-order chi connectivity index (χ1) is 5.84. The second kappa shape index (κ2) is 5.22. The zero-order valence-electron chi connectivity index (χ0n) is 7.23. The predicted molar refractivity (Wildman–Crippen MR) is 54.4 cm³/mol. The van der Waals surface area contributed by atoms with Crippen molar-refractivity contribution in [2.24, 2.45) is 0 Å². The van der Waals surface area contributed by atoms with Crippen molar-refractivity contribution in [1.29, 1.82) is 0 Å². The van der Waals surface area contributed by atoms with Gasteiger partial charge in [-0.1, -0.05) is 30.3 Å². The van der Waals surface area contributed by atoms with E-state index in [-0.39, 0.29) is 6.61 Å². The number of hydrogen-bond acceptors (Lipinski definition) is 2. The SMILES string of the molecule is C[C@H](SCCO)c1ccccc1. The number of rotatable bonds is 4. The quantitative estimate of drug-likeness (QED) is 0.772. The van der Waals surface area contributed by atoms with E-state index in [4.69, 9.17) is 5.11 Å². The van der Waals surface area contributed by atoms with Crippen molar-refractivity contribution in [3.8, 4) is 0 Å². The van der Waals surface area contributed by atoms with Crippen LogP contribution in [0.3, 0.4) is 0 Å². The van der Waals surface area contributed by atoms with Crippen LogP contribution in [0.2, 0.25) is 0 Å². The van der Waals surface area contributed by atoms with E-state index in [0.717, 1.165) is 5.75 Å². The third kappa shape index (κ3) is 2.88. The molecule has 1 nitrogen and oxygen atoms in total. The van der Waals surface area contributed by atoms with Gasteiger partial charge >= 0.3 is 0 Å². The fraction of sp³-hybridized carbons (Fsp3) is 0.400. The van der Waals surface area contributed by atoms with Gasteiger partial charge in [0.1, 0.15) is 0 Å². The molecule has 0 aliphatic rings. The summed E-state index contributed by atoms with van der Waals surface area (Å²) in [7, 11) is 0. The molecule has 0 saturated carbocycles. The van der Waals surface area contributed by atoms with Crippen molar-refractivity contribution in [2.45, 2.75) is 12.2 Å². The average Bonchev–Trinajstić information content (AvgIpc) is 2.15. The van der Waals surface area contributed by atoms with E-state index >= 15 is 0 Å². The molecule has 0 aromatic heterocycles. The molecule has 1 N–H and O–H groups in total. The minimum absolute atomic E-state index is 0.266. The molecule has 12 heavy (non-hydrogen) atoms. The number of aliphatic hydroxyl groups excluding tert-OH is 1. The molecule has 66 valence electrons. The van der Waals surface area contributed by atoms with Gasteiger partial charge in [-0.15, -0.1) is 0 Å². The Balaban J connectivity index is 2.48. The van der Waals surface area contributed by atoms with Gasteiger partial charge in [0.25, 0.3) is 0 Å². The maximum Gasteiger partial charge on any atom is 0.0521 e. The van der Waals surface area contributed by atoms with Crippen molar-refractivity contribution in [2.75, 3.05) is 12.4 Å². The number of thioether (sulfide) groups is 1. The molecule has 0 fully saturated rings. The van der Waals surface area contributed by atoms with E-state index in [1.54, 1.807) is 11.8 Å². The first-order valence-corrected chi connectivity index (χ1v) is 5.17. The largest absolute Gasteiger partial charge is 0.396 e. The summed E-state index contributed by atoms with van der Waals surface area (Å²) >= 11 is 1.78. The Bertz CT molecular complexity index is 210. The number of hydrogen-bond donors (Lipinski definition) is 1. The maximum atomic E-state index is 8.64. The van der Waals surface area contributed by atoms with Crippen molar-refractivity contribution in [3.63, 3.8) is 0 Å². The molecule has 0 bridgehead atoms. The molecular formula is C10H14OS. The Hall–Kier alpha value is -0.470. The van der Waals surface area contributed by atoms with Crippen LogP contribution in [0, 0.1) is 0 Å². The lowest BCUT2D eigenvalue weighted by atomic mass is 10.2. The minimum atomic E-state index is 0.266. The van der Waals surface area contributed by atoms with Gasteiger partial charge < -0.3 is 5.11 Å². The van der Waals surface area contributed by atoms with Crippen LogP contribution in [0.5, 0.6) is 0 Å². The topological polar surface area (TPSA) is 20.2 Å². The normalized spacial score (nSPS) is 12.8. The van der Waals surface area contributed by atoms with E-state index < -0.39 is 0 Å². The minimum Gasteiger partial charge on any atom is -0.396 e. The Morgan fingerprint density at radius 1 is 1.33 bits per heavy atom.